The Morgan fingerprint density at radius 2 is 1.82 bits per heavy atom. The fourth-order valence-electron chi connectivity index (χ4n) is 0.741. The van der Waals surface area contributed by atoms with Gasteiger partial charge in [0, 0.05) is 18.2 Å². The SMILES string of the molecule is NCc1cc(Cl)c(Cl)cc1O. The summed E-state index contributed by atoms with van der Waals surface area (Å²) in [6, 6.07) is 2.94. The third kappa shape index (κ3) is 1.77. The van der Waals surface area contributed by atoms with E-state index in [-0.39, 0.29) is 12.3 Å². The topological polar surface area (TPSA) is 46.2 Å². The van der Waals surface area contributed by atoms with Gasteiger partial charge in [0.2, 0.25) is 0 Å². The maximum absolute atomic E-state index is 9.19. The van der Waals surface area contributed by atoms with E-state index in [4.69, 9.17) is 28.9 Å². The van der Waals surface area contributed by atoms with Crippen LogP contribution in [0, 0.1) is 0 Å². The molecule has 0 fully saturated rings. The van der Waals surface area contributed by atoms with Crippen molar-refractivity contribution in [3.63, 3.8) is 0 Å². The number of halogens is 2. The van der Waals surface area contributed by atoms with Crippen molar-refractivity contribution < 1.29 is 5.11 Å². The minimum atomic E-state index is 0.0851. The third-order valence-corrected chi connectivity index (χ3v) is 2.06. The largest absolute Gasteiger partial charge is 0.508 e. The average Bonchev–Trinajstić information content (AvgIpc) is 1.97. The Morgan fingerprint density at radius 3 is 2.36 bits per heavy atom. The van der Waals surface area contributed by atoms with Gasteiger partial charge in [-0.25, -0.2) is 0 Å². The quantitative estimate of drug-likeness (QED) is 0.715. The first-order chi connectivity index (χ1) is 5.15. The molecule has 0 saturated carbocycles. The van der Waals surface area contributed by atoms with Crippen LogP contribution in [-0.4, -0.2) is 5.11 Å². The zero-order valence-electron chi connectivity index (χ0n) is 5.64. The van der Waals surface area contributed by atoms with E-state index in [0.29, 0.717) is 15.6 Å². The molecule has 0 aliphatic carbocycles. The number of phenols is 1. The lowest BCUT2D eigenvalue weighted by molar-refractivity contribution is 0.468. The molecule has 0 radical (unpaired) electrons. The van der Waals surface area contributed by atoms with Crippen LogP contribution in [0.2, 0.25) is 10.0 Å². The van der Waals surface area contributed by atoms with E-state index in [0.717, 1.165) is 0 Å². The number of aromatic hydroxyl groups is 1. The predicted octanol–water partition coefficient (Wildman–Crippen LogP) is 2.16. The second kappa shape index (κ2) is 3.30. The van der Waals surface area contributed by atoms with Gasteiger partial charge in [-0.15, -0.1) is 0 Å². The van der Waals surface area contributed by atoms with Crippen molar-refractivity contribution in [1.29, 1.82) is 0 Å². The van der Waals surface area contributed by atoms with Gasteiger partial charge in [0.25, 0.3) is 0 Å². The van der Waals surface area contributed by atoms with Gasteiger partial charge >= 0.3 is 0 Å². The maximum atomic E-state index is 9.19. The number of benzene rings is 1. The van der Waals surface area contributed by atoms with E-state index in [2.05, 4.69) is 0 Å². The minimum Gasteiger partial charge on any atom is -0.508 e. The highest BCUT2D eigenvalue weighted by Gasteiger charge is 2.03. The zero-order valence-corrected chi connectivity index (χ0v) is 7.15. The van der Waals surface area contributed by atoms with Crippen molar-refractivity contribution in [1.82, 2.24) is 0 Å². The molecule has 11 heavy (non-hydrogen) atoms. The van der Waals surface area contributed by atoms with Crippen LogP contribution in [0.15, 0.2) is 12.1 Å². The molecule has 0 amide bonds. The van der Waals surface area contributed by atoms with E-state index >= 15 is 0 Å². The maximum Gasteiger partial charge on any atom is 0.121 e. The van der Waals surface area contributed by atoms with Crippen LogP contribution in [0.25, 0.3) is 0 Å². The summed E-state index contributed by atoms with van der Waals surface area (Å²) in [5.74, 6) is 0.0851. The van der Waals surface area contributed by atoms with Gasteiger partial charge in [-0.3, -0.25) is 0 Å². The Balaban J connectivity index is 3.21. The molecule has 0 unspecified atom stereocenters. The summed E-state index contributed by atoms with van der Waals surface area (Å²) in [4.78, 5) is 0. The fourth-order valence-corrected chi connectivity index (χ4v) is 1.09. The molecule has 0 atom stereocenters. The summed E-state index contributed by atoms with van der Waals surface area (Å²) in [6.45, 7) is 0.253. The Kier molecular flexibility index (Phi) is 2.60. The third-order valence-electron chi connectivity index (χ3n) is 1.34. The van der Waals surface area contributed by atoms with Crippen molar-refractivity contribution in [3.05, 3.63) is 27.7 Å². The van der Waals surface area contributed by atoms with Crippen molar-refractivity contribution in [3.8, 4) is 5.75 Å². The molecule has 0 bridgehead atoms. The molecule has 4 heteroatoms. The average molecular weight is 192 g/mol. The van der Waals surface area contributed by atoms with Gasteiger partial charge < -0.3 is 10.8 Å². The molecule has 1 aromatic rings. The molecule has 1 aromatic carbocycles. The Bertz CT molecular complexity index is 275. The molecule has 0 saturated heterocycles. The lowest BCUT2D eigenvalue weighted by atomic mass is 10.2. The van der Waals surface area contributed by atoms with Gasteiger partial charge in [0.05, 0.1) is 10.0 Å². The summed E-state index contributed by atoms with van der Waals surface area (Å²) in [5, 5.41) is 9.93. The van der Waals surface area contributed by atoms with Gasteiger partial charge in [-0.2, -0.15) is 0 Å². The zero-order chi connectivity index (χ0) is 8.43. The molecule has 3 N–H and O–H groups in total. The minimum absolute atomic E-state index is 0.0851. The molecule has 0 aliphatic heterocycles. The monoisotopic (exact) mass is 191 g/mol. The first-order valence-corrected chi connectivity index (χ1v) is 3.77. The molecule has 1 rings (SSSR count). The molecule has 2 nitrogen and oxygen atoms in total. The molecule has 0 aromatic heterocycles. The van der Waals surface area contributed by atoms with Crippen molar-refractivity contribution in [2.45, 2.75) is 6.54 Å². The van der Waals surface area contributed by atoms with Crippen LogP contribution in [0.4, 0.5) is 0 Å². The molecule has 0 spiro atoms. The number of nitrogens with two attached hydrogens (primary N) is 1. The van der Waals surface area contributed by atoms with Crippen LogP contribution >= 0.6 is 23.2 Å². The summed E-state index contributed by atoms with van der Waals surface area (Å²) in [5.41, 5.74) is 5.90. The summed E-state index contributed by atoms with van der Waals surface area (Å²) < 4.78 is 0. The second-order valence-corrected chi connectivity index (χ2v) is 2.91. The van der Waals surface area contributed by atoms with Gasteiger partial charge in [-0.1, -0.05) is 23.2 Å². The van der Waals surface area contributed by atoms with E-state index in [1.165, 1.54) is 6.07 Å². The van der Waals surface area contributed by atoms with Crippen LogP contribution in [0.5, 0.6) is 5.75 Å². The van der Waals surface area contributed by atoms with Crippen molar-refractivity contribution in [2.24, 2.45) is 5.73 Å². The van der Waals surface area contributed by atoms with E-state index in [9.17, 15) is 5.11 Å². The Labute approximate surface area is 74.5 Å². The molecular weight excluding hydrogens is 185 g/mol. The Morgan fingerprint density at radius 1 is 1.27 bits per heavy atom. The van der Waals surface area contributed by atoms with E-state index in [1.807, 2.05) is 0 Å². The summed E-state index contributed by atoms with van der Waals surface area (Å²) >= 11 is 11.3. The smallest absolute Gasteiger partial charge is 0.121 e. The van der Waals surface area contributed by atoms with Crippen molar-refractivity contribution >= 4 is 23.2 Å². The molecule has 0 aliphatic rings. The van der Waals surface area contributed by atoms with Crippen LogP contribution < -0.4 is 5.73 Å². The van der Waals surface area contributed by atoms with Crippen LogP contribution in [-0.2, 0) is 6.54 Å². The first kappa shape index (κ1) is 8.65. The standard InChI is InChI=1S/C7H7Cl2NO/c8-5-1-4(3-10)7(11)2-6(5)9/h1-2,11H,3,10H2. The Hall–Kier alpha value is -0.440. The van der Waals surface area contributed by atoms with E-state index in [1.54, 1.807) is 6.07 Å². The number of phenolic OH excluding ortho intramolecular Hbond substituents is 1. The van der Waals surface area contributed by atoms with Crippen LogP contribution in [0.3, 0.4) is 0 Å². The fraction of sp³-hybridized carbons (Fsp3) is 0.143. The van der Waals surface area contributed by atoms with E-state index < -0.39 is 0 Å². The number of hydrogen-bond donors (Lipinski definition) is 2. The van der Waals surface area contributed by atoms with Crippen molar-refractivity contribution in [2.75, 3.05) is 0 Å². The lowest BCUT2D eigenvalue weighted by Crippen LogP contribution is -1.96. The molecular formula is C7H7Cl2NO. The van der Waals surface area contributed by atoms with Gasteiger partial charge in [0.15, 0.2) is 0 Å². The van der Waals surface area contributed by atoms with Gasteiger partial charge in [-0.05, 0) is 6.07 Å². The summed E-state index contributed by atoms with van der Waals surface area (Å²) in [6.07, 6.45) is 0. The summed E-state index contributed by atoms with van der Waals surface area (Å²) in [7, 11) is 0. The highest BCUT2D eigenvalue weighted by atomic mass is 35.5. The predicted molar refractivity (Wildman–Crippen MR) is 46.0 cm³/mol. The van der Waals surface area contributed by atoms with Crippen LogP contribution in [0.1, 0.15) is 5.56 Å². The number of hydrogen-bond acceptors (Lipinski definition) is 2. The molecule has 0 heterocycles. The molecule has 60 valence electrons. The normalized spacial score (nSPS) is 10.1. The first-order valence-electron chi connectivity index (χ1n) is 3.02. The number of rotatable bonds is 1. The highest BCUT2D eigenvalue weighted by molar-refractivity contribution is 6.42. The van der Waals surface area contributed by atoms with Gasteiger partial charge in [0.1, 0.15) is 5.75 Å². The lowest BCUT2D eigenvalue weighted by Gasteiger charge is -2.02. The highest BCUT2D eigenvalue weighted by Crippen LogP contribution is 2.29. The second-order valence-electron chi connectivity index (χ2n) is 2.10.